The fourth-order valence-electron chi connectivity index (χ4n) is 4.80. The Morgan fingerprint density at radius 2 is 2.12 bits per heavy atom. The molecule has 3 fully saturated rings. The summed E-state index contributed by atoms with van der Waals surface area (Å²) < 4.78 is 28.3. The molecule has 1 amide bonds. The number of benzene rings is 1. The van der Waals surface area contributed by atoms with Crippen LogP contribution in [0.5, 0.6) is 0 Å². The number of nitriles is 1. The number of rotatable bonds is 6. The van der Waals surface area contributed by atoms with Gasteiger partial charge in [-0.1, -0.05) is 11.6 Å². The number of carbonyl (C=O) groups is 1. The van der Waals surface area contributed by atoms with Crippen molar-refractivity contribution in [3.63, 3.8) is 0 Å². The summed E-state index contributed by atoms with van der Waals surface area (Å²) in [5.41, 5.74) is 5.85. The van der Waals surface area contributed by atoms with Crippen LogP contribution in [0.2, 0.25) is 5.02 Å². The van der Waals surface area contributed by atoms with Crippen molar-refractivity contribution in [1.29, 1.82) is 10.7 Å². The molecule has 4 rings (SSSR count). The van der Waals surface area contributed by atoms with Crippen molar-refractivity contribution in [3.05, 3.63) is 40.6 Å². The fourth-order valence-corrected chi connectivity index (χ4v) is 5.03. The third-order valence-corrected chi connectivity index (χ3v) is 7.01. The molecule has 2 unspecified atom stereocenters. The van der Waals surface area contributed by atoms with Gasteiger partial charge in [0.25, 0.3) is 5.91 Å². The Hall–Kier alpha value is -2.70. The number of nitrogens with one attached hydrogen (secondary N) is 3. The minimum Gasteiger partial charge on any atom is -0.386 e. The number of aryl methyl sites for hydroxylation is 1. The highest BCUT2D eigenvalue weighted by molar-refractivity contribution is 6.30. The second-order valence-corrected chi connectivity index (χ2v) is 9.24. The summed E-state index contributed by atoms with van der Waals surface area (Å²) >= 11 is 5.95. The number of hydrogen-bond donors (Lipinski definition) is 4. The molecule has 1 aromatic rings. The molecule has 3 aliphatic rings. The first kappa shape index (κ1) is 22.5. The lowest BCUT2D eigenvalue weighted by atomic mass is 9.82. The smallest absolute Gasteiger partial charge is 0.324 e. The molecular weight excluding hydrogens is 438 g/mol. The van der Waals surface area contributed by atoms with Crippen LogP contribution in [0.4, 0.5) is 14.5 Å². The molecular formula is C22H25ClF2N6O. The normalized spacial score (nSPS) is 29.7. The third kappa shape index (κ3) is 3.82. The van der Waals surface area contributed by atoms with Crippen molar-refractivity contribution in [2.24, 2.45) is 11.7 Å². The number of amides is 1. The highest BCUT2D eigenvalue weighted by Gasteiger charge is 2.86. The summed E-state index contributed by atoms with van der Waals surface area (Å²) in [5, 5.41) is 24.3. The lowest BCUT2D eigenvalue weighted by Crippen LogP contribution is -2.43. The van der Waals surface area contributed by atoms with Gasteiger partial charge in [0.1, 0.15) is 11.4 Å². The average Bonchev–Trinajstić information content (AvgIpc) is 3.60. The Bertz CT molecular complexity index is 1030. The van der Waals surface area contributed by atoms with E-state index >= 15 is 0 Å². The number of halogens is 3. The summed E-state index contributed by atoms with van der Waals surface area (Å²) in [6, 6.07) is 3.91. The summed E-state index contributed by atoms with van der Waals surface area (Å²) in [4.78, 5) is 13.2. The number of alkyl halides is 2. The van der Waals surface area contributed by atoms with Crippen molar-refractivity contribution >= 4 is 29.0 Å². The molecule has 2 saturated carbocycles. The summed E-state index contributed by atoms with van der Waals surface area (Å²) in [6.45, 7) is 1.81. The van der Waals surface area contributed by atoms with E-state index in [2.05, 4.69) is 16.7 Å². The minimum absolute atomic E-state index is 0.0763. The van der Waals surface area contributed by atoms with E-state index in [9.17, 15) is 18.8 Å². The maximum absolute atomic E-state index is 14.1. The van der Waals surface area contributed by atoms with Gasteiger partial charge in [-0.15, -0.1) is 0 Å². The second kappa shape index (κ2) is 8.01. The van der Waals surface area contributed by atoms with Crippen molar-refractivity contribution in [2.45, 2.75) is 62.7 Å². The van der Waals surface area contributed by atoms with Gasteiger partial charge >= 0.3 is 6.05 Å². The van der Waals surface area contributed by atoms with Gasteiger partial charge in [0.05, 0.1) is 17.6 Å². The minimum atomic E-state index is -2.75. The number of primary amides is 1. The zero-order valence-electron chi connectivity index (χ0n) is 17.6. The Morgan fingerprint density at radius 3 is 2.69 bits per heavy atom. The molecule has 170 valence electrons. The van der Waals surface area contributed by atoms with E-state index in [4.69, 9.17) is 22.7 Å². The maximum Gasteiger partial charge on any atom is 0.324 e. The van der Waals surface area contributed by atoms with E-state index < -0.39 is 23.4 Å². The van der Waals surface area contributed by atoms with Crippen LogP contribution in [0.25, 0.3) is 0 Å². The molecule has 1 spiro atoms. The van der Waals surface area contributed by atoms with Crippen molar-refractivity contribution in [3.8, 4) is 6.07 Å². The highest BCUT2D eigenvalue weighted by atomic mass is 35.5. The predicted octanol–water partition coefficient (Wildman–Crippen LogP) is 3.50. The van der Waals surface area contributed by atoms with E-state index in [1.165, 1.54) is 11.1 Å². The van der Waals surface area contributed by atoms with E-state index in [0.29, 0.717) is 42.8 Å². The molecule has 10 heteroatoms. The number of nitrogens with two attached hydrogens (primary N) is 1. The van der Waals surface area contributed by atoms with Crippen LogP contribution in [0.1, 0.15) is 37.7 Å². The number of anilines is 1. The number of hydrogen-bond acceptors (Lipinski definition) is 5. The molecule has 2 aliphatic carbocycles. The molecule has 1 saturated heterocycles. The molecule has 7 nitrogen and oxygen atoms in total. The van der Waals surface area contributed by atoms with Crippen LogP contribution < -0.4 is 16.4 Å². The Kier molecular flexibility index (Phi) is 5.63. The van der Waals surface area contributed by atoms with Gasteiger partial charge in [-0.2, -0.15) is 14.0 Å². The highest BCUT2D eigenvalue weighted by Crippen LogP contribution is 2.70. The van der Waals surface area contributed by atoms with Crippen LogP contribution in [-0.4, -0.2) is 40.3 Å². The first-order chi connectivity index (χ1) is 15.1. The van der Waals surface area contributed by atoms with Crippen LogP contribution in [0.3, 0.4) is 0 Å². The lowest BCUT2D eigenvalue weighted by molar-refractivity contribution is -0.114. The topological polar surface area (TPSA) is 118 Å². The molecule has 0 aromatic heterocycles. The van der Waals surface area contributed by atoms with Crippen molar-refractivity contribution in [2.75, 3.05) is 5.32 Å². The van der Waals surface area contributed by atoms with Gasteiger partial charge in [0, 0.05) is 29.0 Å². The van der Waals surface area contributed by atoms with Crippen LogP contribution in [0, 0.1) is 29.6 Å². The quantitative estimate of drug-likeness (QED) is 0.170. The van der Waals surface area contributed by atoms with Gasteiger partial charge in [0.2, 0.25) is 0 Å². The van der Waals surface area contributed by atoms with Crippen molar-refractivity contribution < 1.29 is 13.6 Å². The lowest BCUT2D eigenvalue weighted by Gasteiger charge is -2.33. The van der Waals surface area contributed by atoms with Gasteiger partial charge in [0.15, 0.2) is 0 Å². The molecule has 32 heavy (non-hydrogen) atoms. The van der Waals surface area contributed by atoms with Gasteiger partial charge in [-0.05, 0) is 62.8 Å². The monoisotopic (exact) mass is 462 g/mol. The van der Waals surface area contributed by atoms with Crippen LogP contribution in [0.15, 0.2) is 30.0 Å². The molecule has 4 atom stereocenters. The first-order valence-corrected chi connectivity index (χ1v) is 10.9. The molecule has 0 radical (unpaired) electrons. The SMILES string of the molecule is Cc1cc(Cl)ccc1NC(=N)/C(=C\N[C@H]1CC[C@@H](N2C(F)(F)C23CC3)CC1C#N)C(N)=O. The predicted molar refractivity (Wildman–Crippen MR) is 117 cm³/mol. The average molecular weight is 463 g/mol. The molecule has 1 aromatic carbocycles. The molecule has 1 aliphatic heterocycles. The number of nitrogens with zero attached hydrogens (tertiary/aromatic N) is 2. The fraction of sp³-hybridized carbons (Fsp3) is 0.500. The Morgan fingerprint density at radius 1 is 1.41 bits per heavy atom. The van der Waals surface area contributed by atoms with Crippen LogP contribution >= 0.6 is 11.6 Å². The van der Waals surface area contributed by atoms with Gasteiger partial charge in [-0.25, -0.2) is 4.90 Å². The Labute approximate surface area is 190 Å². The van der Waals surface area contributed by atoms with Gasteiger partial charge in [-0.3, -0.25) is 10.2 Å². The zero-order chi connectivity index (χ0) is 23.3. The molecule has 5 N–H and O–H groups in total. The van der Waals surface area contributed by atoms with E-state index in [0.717, 1.165) is 5.56 Å². The van der Waals surface area contributed by atoms with E-state index in [1.807, 2.05) is 6.92 Å². The van der Waals surface area contributed by atoms with E-state index in [1.54, 1.807) is 18.2 Å². The summed E-state index contributed by atoms with van der Waals surface area (Å²) in [7, 11) is 0. The number of carbonyl (C=O) groups excluding carboxylic acids is 1. The zero-order valence-corrected chi connectivity index (χ0v) is 18.3. The second-order valence-electron chi connectivity index (χ2n) is 8.80. The number of amidine groups is 1. The van der Waals surface area contributed by atoms with Crippen LogP contribution in [-0.2, 0) is 4.79 Å². The largest absolute Gasteiger partial charge is 0.386 e. The first-order valence-electron chi connectivity index (χ1n) is 10.6. The Balaban J connectivity index is 1.41. The third-order valence-electron chi connectivity index (χ3n) is 6.78. The van der Waals surface area contributed by atoms with Crippen molar-refractivity contribution in [1.82, 2.24) is 10.2 Å². The standard InChI is InChI=1S/C22H25ClF2N6O/c1-12-8-14(23)2-4-17(12)30-19(27)16(20(28)32)11-29-18-5-3-15(9-13(18)10-26)31-21(6-7-21)22(31,24)25/h2,4,8,11,13,15,18,29H,3,5-7,9H2,1H3,(H2,27,30)(H2,28,32)/b16-11+/t13?,15-,18+,31?/m1/s1. The van der Waals surface area contributed by atoms with E-state index in [-0.39, 0.29) is 23.5 Å². The summed E-state index contributed by atoms with van der Waals surface area (Å²) in [6.07, 6.45) is 3.75. The molecule has 0 bridgehead atoms. The summed E-state index contributed by atoms with van der Waals surface area (Å²) in [5.74, 6) is -1.49. The van der Waals surface area contributed by atoms with Gasteiger partial charge < -0.3 is 16.4 Å². The maximum atomic E-state index is 14.1. The molecule has 1 heterocycles.